The van der Waals surface area contributed by atoms with Crippen LogP contribution in [0, 0.1) is 11.6 Å². The van der Waals surface area contributed by atoms with Crippen LogP contribution >= 0.6 is 0 Å². The Morgan fingerprint density at radius 3 is 2.71 bits per heavy atom. The molecule has 2 aromatic rings. The van der Waals surface area contributed by atoms with Gasteiger partial charge in [-0.25, -0.2) is 8.78 Å². The Morgan fingerprint density at radius 2 is 1.90 bits per heavy atom. The highest BCUT2D eigenvalue weighted by Gasteiger charge is 2.32. The average molecular weight is 291 g/mol. The fraction of sp³-hybridized carbons (Fsp3) is 0.312. The molecule has 2 N–H and O–H groups in total. The maximum atomic E-state index is 14.0. The number of aliphatic hydroxyl groups excluding tert-OH is 2. The van der Waals surface area contributed by atoms with Crippen LogP contribution in [0.2, 0.25) is 0 Å². The van der Waals surface area contributed by atoms with Crippen LogP contribution in [-0.2, 0) is 6.42 Å². The van der Waals surface area contributed by atoms with Crippen LogP contribution < -0.4 is 0 Å². The summed E-state index contributed by atoms with van der Waals surface area (Å²) in [4.78, 5) is 4.10. The second-order valence-electron chi connectivity index (χ2n) is 5.34. The number of aliphatic hydroxyl groups is 2. The largest absolute Gasteiger partial charge is 0.390 e. The summed E-state index contributed by atoms with van der Waals surface area (Å²) >= 11 is 0. The smallest absolute Gasteiger partial charge is 0.162 e. The molecule has 1 aliphatic rings. The Hall–Kier alpha value is -1.85. The van der Waals surface area contributed by atoms with Crippen molar-refractivity contribution in [3.63, 3.8) is 0 Å². The lowest BCUT2D eigenvalue weighted by Gasteiger charge is -2.19. The van der Waals surface area contributed by atoms with Gasteiger partial charge in [-0.1, -0.05) is 18.2 Å². The number of hydrogen-bond donors (Lipinski definition) is 2. The number of nitrogens with zero attached hydrogens (tertiary/aromatic N) is 1. The quantitative estimate of drug-likeness (QED) is 0.794. The molecular formula is C16H15F2NO2. The first-order valence-corrected chi connectivity index (χ1v) is 6.81. The van der Waals surface area contributed by atoms with Gasteiger partial charge in [0.05, 0.1) is 11.8 Å². The van der Waals surface area contributed by atoms with E-state index in [0.29, 0.717) is 12.1 Å². The predicted octanol–water partition coefficient (Wildman–Crippen LogP) is 2.48. The van der Waals surface area contributed by atoms with E-state index >= 15 is 0 Å². The number of fused-ring (bicyclic) bond motifs is 1. The SMILES string of the molecule is O[C@@H]1C[C@@H](c2cccc(F)c2F)Cc2cccnc2[C@@H]1O. The van der Waals surface area contributed by atoms with Gasteiger partial charge in [0.15, 0.2) is 11.6 Å². The summed E-state index contributed by atoms with van der Waals surface area (Å²) < 4.78 is 27.4. The Kier molecular flexibility index (Phi) is 3.69. The minimum atomic E-state index is -1.11. The molecule has 0 amide bonds. The van der Waals surface area contributed by atoms with Crippen molar-refractivity contribution in [2.45, 2.75) is 31.0 Å². The van der Waals surface area contributed by atoms with E-state index in [2.05, 4.69) is 4.98 Å². The standard InChI is InChI=1S/C16H15F2NO2/c17-12-5-1-4-11(14(12)18)10-7-9-3-2-6-19-15(9)16(21)13(20)8-10/h1-6,10,13,16,20-21H,7-8H2/t10-,13+,16+/m0/s1. The molecule has 1 aliphatic carbocycles. The van der Waals surface area contributed by atoms with Gasteiger partial charge in [0, 0.05) is 6.20 Å². The summed E-state index contributed by atoms with van der Waals surface area (Å²) in [6.07, 6.45) is -0.0791. The summed E-state index contributed by atoms with van der Waals surface area (Å²) in [6.45, 7) is 0. The summed E-state index contributed by atoms with van der Waals surface area (Å²) in [5.74, 6) is -2.20. The molecule has 0 saturated heterocycles. The van der Waals surface area contributed by atoms with Crippen molar-refractivity contribution in [1.82, 2.24) is 4.98 Å². The van der Waals surface area contributed by atoms with Crippen molar-refractivity contribution in [2.75, 3.05) is 0 Å². The van der Waals surface area contributed by atoms with E-state index in [-0.39, 0.29) is 12.0 Å². The Balaban J connectivity index is 2.04. The van der Waals surface area contributed by atoms with Gasteiger partial charge >= 0.3 is 0 Å². The van der Waals surface area contributed by atoms with Crippen LogP contribution in [0.1, 0.15) is 35.3 Å². The highest BCUT2D eigenvalue weighted by molar-refractivity contribution is 5.31. The highest BCUT2D eigenvalue weighted by atomic mass is 19.2. The summed E-state index contributed by atoms with van der Waals surface area (Å²) in [5.41, 5.74) is 1.37. The summed E-state index contributed by atoms with van der Waals surface area (Å²) in [7, 11) is 0. The van der Waals surface area contributed by atoms with Gasteiger partial charge in [0.1, 0.15) is 6.10 Å². The number of rotatable bonds is 1. The van der Waals surface area contributed by atoms with E-state index in [4.69, 9.17) is 0 Å². The number of benzene rings is 1. The van der Waals surface area contributed by atoms with Crippen LogP contribution in [0.5, 0.6) is 0 Å². The molecule has 0 bridgehead atoms. The lowest BCUT2D eigenvalue weighted by molar-refractivity contribution is 0.0101. The zero-order valence-electron chi connectivity index (χ0n) is 11.2. The van der Waals surface area contributed by atoms with Gasteiger partial charge in [0.25, 0.3) is 0 Å². The van der Waals surface area contributed by atoms with Gasteiger partial charge < -0.3 is 10.2 Å². The Morgan fingerprint density at radius 1 is 1.10 bits per heavy atom. The van der Waals surface area contributed by atoms with Crippen molar-refractivity contribution in [3.05, 3.63) is 65.0 Å². The molecule has 0 unspecified atom stereocenters. The molecule has 110 valence electrons. The zero-order valence-corrected chi connectivity index (χ0v) is 11.2. The fourth-order valence-electron chi connectivity index (χ4n) is 2.91. The van der Waals surface area contributed by atoms with Crippen molar-refractivity contribution in [3.8, 4) is 0 Å². The molecule has 3 nitrogen and oxygen atoms in total. The highest BCUT2D eigenvalue weighted by Crippen LogP contribution is 2.36. The average Bonchev–Trinajstić information content (AvgIpc) is 2.60. The third kappa shape index (κ3) is 2.54. The van der Waals surface area contributed by atoms with Gasteiger partial charge in [-0.2, -0.15) is 0 Å². The van der Waals surface area contributed by atoms with Gasteiger partial charge in [-0.05, 0) is 42.0 Å². The van der Waals surface area contributed by atoms with Crippen molar-refractivity contribution in [1.29, 1.82) is 0 Å². The molecule has 0 radical (unpaired) electrons. The monoisotopic (exact) mass is 291 g/mol. The predicted molar refractivity (Wildman–Crippen MR) is 72.6 cm³/mol. The maximum Gasteiger partial charge on any atom is 0.162 e. The van der Waals surface area contributed by atoms with Crippen molar-refractivity contribution >= 4 is 0 Å². The normalized spacial score (nSPS) is 25.2. The van der Waals surface area contributed by atoms with Crippen LogP contribution in [-0.4, -0.2) is 21.3 Å². The molecule has 0 spiro atoms. The van der Waals surface area contributed by atoms with Gasteiger partial charge in [0.2, 0.25) is 0 Å². The molecule has 1 aromatic carbocycles. The molecule has 1 aromatic heterocycles. The molecular weight excluding hydrogens is 276 g/mol. The van der Waals surface area contributed by atoms with Crippen molar-refractivity contribution < 1.29 is 19.0 Å². The lowest BCUT2D eigenvalue weighted by Crippen LogP contribution is -2.20. The van der Waals surface area contributed by atoms with E-state index in [1.807, 2.05) is 0 Å². The number of aromatic nitrogens is 1. The van der Waals surface area contributed by atoms with E-state index in [0.717, 1.165) is 11.6 Å². The molecule has 3 rings (SSSR count). The molecule has 3 atom stereocenters. The summed E-state index contributed by atoms with van der Waals surface area (Å²) in [6, 6.07) is 7.54. The van der Waals surface area contributed by atoms with E-state index < -0.39 is 29.8 Å². The zero-order chi connectivity index (χ0) is 15.0. The first kappa shape index (κ1) is 14.1. The topological polar surface area (TPSA) is 53.4 Å². The summed E-state index contributed by atoms with van der Waals surface area (Å²) in [5, 5.41) is 20.2. The minimum Gasteiger partial charge on any atom is -0.390 e. The van der Waals surface area contributed by atoms with Gasteiger partial charge in [-0.3, -0.25) is 4.98 Å². The maximum absolute atomic E-state index is 14.0. The van der Waals surface area contributed by atoms with E-state index in [1.165, 1.54) is 18.3 Å². The first-order valence-electron chi connectivity index (χ1n) is 6.81. The fourth-order valence-corrected chi connectivity index (χ4v) is 2.91. The molecule has 0 fully saturated rings. The van der Waals surface area contributed by atoms with E-state index in [9.17, 15) is 19.0 Å². The molecule has 5 heteroatoms. The molecule has 1 heterocycles. The Labute approximate surface area is 120 Å². The van der Waals surface area contributed by atoms with Crippen LogP contribution in [0.4, 0.5) is 8.78 Å². The number of hydrogen-bond acceptors (Lipinski definition) is 3. The molecule has 21 heavy (non-hydrogen) atoms. The van der Waals surface area contributed by atoms with Gasteiger partial charge in [-0.15, -0.1) is 0 Å². The van der Waals surface area contributed by atoms with E-state index in [1.54, 1.807) is 12.1 Å². The lowest BCUT2D eigenvalue weighted by atomic mass is 9.89. The Bertz CT molecular complexity index is 662. The molecule has 0 saturated carbocycles. The van der Waals surface area contributed by atoms with Crippen LogP contribution in [0.25, 0.3) is 0 Å². The van der Waals surface area contributed by atoms with Crippen molar-refractivity contribution in [2.24, 2.45) is 0 Å². The van der Waals surface area contributed by atoms with Crippen LogP contribution in [0.3, 0.4) is 0 Å². The second-order valence-corrected chi connectivity index (χ2v) is 5.34. The first-order chi connectivity index (χ1) is 10.1. The van der Waals surface area contributed by atoms with Crippen LogP contribution in [0.15, 0.2) is 36.5 Å². The molecule has 0 aliphatic heterocycles. The minimum absolute atomic E-state index is 0.151. The third-order valence-electron chi connectivity index (χ3n) is 3.98. The third-order valence-corrected chi connectivity index (χ3v) is 3.98. The second kappa shape index (κ2) is 5.50. The number of halogens is 2. The number of pyridine rings is 1.